The van der Waals surface area contributed by atoms with Crippen LogP contribution in [-0.2, 0) is 4.74 Å². The molecule has 3 saturated heterocycles. The van der Waals surface area contributed by atoms with Crippen molar-refractivity contribution in [3.63, 3.8) is 0 Å². The molecule has 2 aromatic rings. The van der Waals surface area contributed by atoms with Gasteiger partial charge < -0.3 is 19.9 Å². The number of carbonyl (C=O) groups is 2. The highest BCUT2D eigenvalue weighted by Crippen LogP contribution is 2.41. The maximum Gasteiger partial charge on any atom is 0.411 e. The summed E-state index contributed by atoms with van der Waals surface area (Å²) in [6.07, 6.45) is 1.37. The maximum absolute atomic E-state index is 13.5. The molecule has 1 aromatic heterocycles. The van der Waals surface area contributed by atoms with Crippen LogP contribution in [-0.4, -0.2) is 76.3 Å². The Morgan fingerprint density at radius 3 is 2.81 bits per heavy atom. The highest BCUT2D eigenvalue weighted by atomic mass is 19.1. The fraction of sp³-hybridized carbons (Fsp3) is 0.429. The summed E-state index contributed by atoms with van der Waals surface area (Å²) in [5.74, 6) is 1.16. The number of nitrogens with one attached hydrogen (secondary N) is 1. The van der Waals surface area contributed by atoms with Crippen LogP contribution in [0.1, 0.15) is 11.4 Å². The number of ether oxygens (including phenoxy) is 1. The Morgan fingerprint density at radius 2 is 2.06 bits per heavy atom. The predicted molar refractivity (Wildman–Crippen MR) is 110 cm³/mol. The maximum atomic E-state index is 13.5. The van der Waals surface area contributed by atoms with Gasteiger partial charge in [0.15, 0.2) is 5.60 Å². The van der Waals surface area contributed by atoms with E-state index >= 15 is 0 Å². The van der Waals surface area contributed by atoms with Gasteiger partial charge in [0.25, 0.3) is 0 Å². The van der Waals surface area contributed by atoms with Crippen molar-refractivity contribution in [1.29, 1.82) is 0 Å². The molecule has 1 aromatic carbocycles. The van der Waals surface area contributed by atoms with Crippen LogP contribution in [0, 0.1) is 19.7 Å². The smallest absolute Gasteiger partial charge is 0.411 e. The molecule has 0 radical (unpaired) electrons. The number of benzene rings is 1. The SMILES string of the molecule is Cc1nccc(N2CC3(C2)OC(=O)N2CCN(C(=O)Nc4ccc(F)c(C)c4)CC23)n1. The van der Waals surface area contributed by atoms with Crippen LogP contribution < -0.4 is 10.2 Å². The lowest BCUT2D eigenvalue weighted by atomic mass is 9.84. The van der Waals surface area contributed by atoms with Crippen LogP contribution in [0.15, 0.2) is 30.5 Å². The number of urea groups is 1. The summed E-state index contributed by atoms with van der Waals surface area (Å²) in [5.41, 5.74) is 0.334. The van der Waals surface area contributed by atoms with Crippen LogP contribution >= 0.6 is 0 Å². The third-order valence-corrected chi connectivity index (χ3v) is 6.21. The van der Waals surface area contributed by atoms with Crippen LogP contribution in [0.4, 0.5) is 25.5 Å². The summed E-state index contributed by atoms with van der Waals surface area (Å²) < 4.78 is 19.3. The lowest BCUT2D eigenvalue weighted by Crippen LogP contribution is -2.71. The Morgan fingerprint density at radius 1 is 1.26 bits per heavy atom. The van der Waals surface area contributed by atoms with E-state index in [4.69, 9.17) is 4.74 Å². The normalized spacial score (nSPS) is 21.6. The van der Waals surface area contributed by atoms with Gasteiger partial charge in [-0.25, -0.2) is 23.9 Å². The third kappa shape index (κ3) is 3.31. The number of halogens is 1. The molecule has 31 heavy (non-hydrogen) atoms. The number of fused-ring (bicyclic) bond motifs is 2. The first kappa shape index (κ1) is 19.5. The topological polar surface area (TPSA) is 90.9 Å². The molecule has 0 aliphatic carbocycles. The molecule has 162 valence electrons. The zero-order valence-corrected chi connectivity index (χ0v) is 17.3. The van der Waals surface area contributed by atoms with Gasteiger partial charge >= 0.3 is 12.1 Å². The summed E-state index contributed by atoms with van der Waals surface area (Å²) in [4.78, 5) is 39.3. The van der Waals surface area contributed by atoms with Crippen LogP contribution in [0.5, 0.6) is 0 Å². The fourth-order valence-corrected chi connectivity index (χ4v) is 4.52. The van der Waals surface area contributed by atoms with E-state index in [1.54, 1.807) is 29.0 Å². The van der Waals surface area contributed by atoms with Crippen molar-refractivity contribution in [3.05, 3.63) is 47.7 Å². The molecule has 10 heteroatoms. The Hall–Kier alpha value is -3.43. The lowest BCUT2D eigenvalue weighted by molar-refractivity contribution is -0.00308. The van der Waals surface area contributed by atoms with Crippen LogP contribution in [0.25, 0.3) is 0 Å². The van der Waals surface area contributed by atoms with Gasteiger partial charge in [-0.1, -0.05) is 0 Å². The lowest BCUT2D eigenvalue weighted by Gasteiger charge is -2.51. The number of hydrogen-bond donors (Lipinski definition) is 1. The standard InChI is InChI=1S/C21H23FN6O3/c1-13-9-15(3-4-16(13)22)25-19(29)26-7-8-28-17(10-26)21(31-20(28)30)11-27(12-21)18-5-6-23-14(2)24-18/h3-6,9,17H,7-8,10-12H2,1-2H3,(H,25,29). The van der Waals surface area contributed by atoms with Gasteiger partial charge in [-0.2, -0.15) is 0 Å². The number of piperazine rings is 1. The number of rotatable bonds is 2. The summed E-state index contributed by atoms with van der Waals surface area (Å²) in [6, 6.07) is 5.80. The van der Waals surface area contributed by atoms with Crippen molar-refractivity contribution in [2.24, 2.45) is 0 Å². The number of aromatic nitrogens is 2. The van der Waals surface area contributed by atoms with Gasteiger partial charge in [-0.3, -0.25) is 4.90 Å². The average Bonchev–Trinajstić information content (AvgIpc) is 3.02. The average molecular weight is 426 g/mol. The first-order chi connectivity index (χ1) is 14.8. The quantitative estimate of drug-likeness (QED) is 0.792. The van der Waals surface area contributed by atoms with Gasteiger partial charge in [0.2, 0.25) is 0 Å². The van der Waals surface area contributed by atoms with Crippen LogP contribution in [0.3, 0.4) is 0 Å². The van der Waals surface area contributed by atoms with Gasteiger partial charge in [0.05, 0.1) is 19.1 Å². The van der Waals surface area contributed by atoms with Crippen molar-refractivity contribution >= 4 is 23.6 Å². The van der Waals surface area contributed by atoms with Crippen molar-refractivity contribution in [1.82, 2.24) is 19.8 Å². The number of nitrogens with zero attached hydrogens (tertiary/aromatic N) is 5. The third-order valence-electron chi connectivity index (χ3n) is 6.21. The summed E-state index contributed by atoms with van der Waals surface area (Å²) in [6.45, 7) is 5.70. The van der Waals surface area contributed by atoms with E-state index in [2.05, 4.69) is 15.3 Å². The second-order valence-corrected chi connectivity index (χ2v) is 8.30. The molecule has 9 nitrogen and oxygen atoms in total. The molecule has 3 aliphatic heterocycles. The Labute approximate surface area is 178 Å². The molecular weight excluding hydrogens is 403 g/mol. The second-order valence-electron chi connectivity index (χ2n) is 8.30. The Bertz CT molecular complexity index is 1060. The molecular formula is C21H23FN6O3. The molecule has 1 spiro atoms. The molecule has 3 fully saturated rings. The largest absolute Gasteiger partial charge is 0.437 e. The predicted octanol–water partition coefficient (Wildman–Crippen LogP) is 2.16. The highest BCUT2D eigenvalue weighted by molar-refractivity contribution is 5.89. The minimum absolute atomic E-state index is 0.228. The van der Waals surface area contributed by atoms with Crippen molar-refractivity contribution in [3.8, 4) is 0 Å². The molecule has 1 N–H and O–H groups in total. The van der Waals surface area contributed by atoms with Gasteiger partial charge in [-0.15, -0.1) is 0 Å². The highest BCUT2D eigenvalue weighted by Gasteiger charge is 2.62. The van der Waals surface area contributed by atoms with E-state index in [0.29, 0.717) is 49.8 Å². The van der Waals surface area contributed by atoms with Gasteiger partial charge in [0, 0.05) is 31.5 Å². The summed E-state index contributed by atoms with van der Waals surface area (Å²) in [5, 5.41) is 2.82. The van der Waals surface area contributed by atoms with E-state index in [-0.39, 0.29) is 24.0 Å². The molecule has 1 unspecified atom stereocenters. The molecule has 0 bridgehead atoms. The number of amides is 3. The first-order valence-corrected chi connectivity index (χ1v) is 10.2. The minimum atomic E-state index is -0.665. The Kier molecular flexibility index (Phi) is 4.45. The zero-order valence-electron chi connectivity index (χ0n) is 17.3. The van der Waals surface area contributed by atoms with Crippen molar-refractivity contribution in [2.45, 2.75) is 25.5 Å². The second kappa shape index (κ2) is 7.07. The molecule has 0 saturated carbocycles. The zero-order chi connectivity index (χ0) is 21.8. The van der Waals surface area contributed by atoms with E-state index in [1.807, 2.05) is 17.9 Å². The van der Waals surface area contributed by atoms with E-state index < -0.39 is 5.60 Å². The van der Waals surface area contributed by atoms with Crippen molar-refractivity contribution in [2.75, 3.05) is 42.9 Å². The van der Waals surface area contributed by atoms with E-state index in [1.165, 1.54) is 12.1 Å². The summed E-state index contributed by atoms with van der Waals surface area (Å²) >= 11 is 0. The minimum Gasteiger partial charge on any atom is -0.437 e. The number of hydrogen-bond acceptors (Lipinski definition) is 6. The van der Waals surface area contributed by atoms with Gasteiger partial charge in [0.1, 0.15) is 17.5 Å². The van der Waals surface area contributed by atoms with Crippen LogP contribution in [0.2, 0.25) is 0 Å². The number of aryl methyl sites for hydroxylation is 2. The monoisotopic (exact) mass is 426 g/mol. The number of carbonyl (C=O) groups excluding carboxylic acids is 2. The van der Waals surface area contributed by atoms with E-state index in [9.17, 15) is 14.0 Å². The molecule has 1 atom stereocenters. The van der Waals surface area contributed by atoms with Gasteiger partial charge in [-0.05, 0) is 43.7 Å². The first-order valence-electron chi connectivity index (χ1n) is 10.2. The molecule has 4 heterocycles. The van der Waals surface area contributed by atoms with E-state index in [0.717, 1.165) is 5.82 Å². The van der Waals surface area contributed by atoms with Crippen molar-refractivity contribution < 1.29 is 18.7 Å². The Balaban J connectivity index is 1.28. The molecule has 3 amide bonds. The number of anilines is 2. The molecule has 5 rings (SSSR count). The fourth-order valence-electron chi connectivity index (χ4n) is 4.52. The molecule has 3 aliphatic rings. The summed E-state index contributed by atoms with van der Waals surface area (Å²) in [7, 11) is 0.